The van der Waals surface area contributed by atoms with Crippen LogP contribution in [0.3, 0.4) is 0 Å². The molecule has 0 saturated heterocycles. The Morgan fingerprint density at radius 3 is 2.76 bits per heavy atom. The smallest absolute Gasteiger partial charge is 0.303 e. The quantitative estimate of drug-likeness (QED) is 0.690. The van der Waals surface area contributed by atoms with Crippen LogP contribution in [0, 0.1) is 17.2 Å². The van der Waals surface area contributed by atoms with Crippen LogP contribution in [0.15, 0.2) is 22.7 Å². The van der Waals surface area contributed by atoms with Crippen molar-refractivity contribution in [1.82, 2.24) is 0 Å². The second-order valence-electron chi connectivity index (χ2n) is 5.11. The van der Waals surface area contributed by atoms with E-state index < -0.39 is 5.97 Å². The SMILES string of the molecule is CCCC(CCNc1ccc(C#N)c(Br)c1)CCC(=O)O. The predicted octanol–water partition coefficient (Wildman–Crippen LogP) is 4.40. The highest BCUT2D eigenvalue weighted by Crippen LogP contribution is 2.22. The number of hydrogen-bond acceptors (Lipinski definition) is 3. The molecule has 1 atom stereocenters. The van der Waals surface area contributed by atoms with E-state index in [1.165, 1.54) is 0 Å². The first kappa shape index (κ1) is 17.5. The van der Waals surface area contributed by atoms with Crippen molar-refractivity contribution in [3.05, 3.63) is 28.2 Å². The van der Waals surface area contributed by atoms with Gasteiger partial charge in [0.1, 0.15) is 6.07 Å². The Morgan fingerprint density at radius 1 is 1.43 bits per heavy atom. The molecule has 2 N–H and O–H groups in total. The van der Waals surface area contributed by atoms with Crippen LogP contribution in [0.2, 0.25) is 0 Å². The fourth-order valence-electron chi connectivity index (χ4n) is 2.31. The molecule has 0 spiro atoms. The third-order valence-corrected chi connectivity index (χ3v) is 4.09. The minimum Gasteiger partial charge on any atom is -0.481 e. The van der Waals surface area contributed by atoms with Crippen molar-refractivity contribution in [1.29, 1.82) is 5.26 Å². The Hall–Kier alpha value is -1.54. The lowest BCUT2D eigenvalue weighted by Gasteiger charge is -2.16. The molecule has 0 bridgehead atoms. The topological polar surface area (TPSA) is 73.1 Å². The van der Waals surface area contributed by atoms with Crippen molar-refractivity contribution in [3.63, 3.8) is 0 Å². The molecular weight excluding hydrogens is 332 g/mol. The number of aliphatic carboxylic acids is 1. The highest BCUT2D eigenvalue weighted by molar-refractivity contribution is 9.10. The Balaban J connectivity index is 2.44. The standard InChI is InChI=1S/C16H21BrN2O2/c1-2-3-12(4-7-16(20)21)8-9-19-14-6-5-13(11-18)15(17)10-14/h5-6,10,12,19H,2-4,7-9H2,1H3,(H,20,21). The van der Waals surface area contributed by atoms with Crippen molar-refractivity contribution < 1.29 is 9.90 Å². The van der Waals surface area contributed by atoms with Crippen LogP contribution in [0.4, 0.5) is 5.69 Å². The van der Waals surface area contributed by atoms with Crippen molar-refractivity contribution in [2.24, 2.45) is 5.92 Å². The molecule has 5 heteroatoms. The third-order valence-electron chi connectivity index (χ3n) is 3.43. The van der Waals surface area contributed by atoms with Gasteiger partial charge in [0.2, 0.25) is 0 Å². The average molecular weight is 353 g/mol. The first-order valence-electron chi connectivity index (χ1n) is 7.22. The molecule has 0 aliphatic rings. The predicted molar refractivity (Wildman–Crippen MR) is 87.2 cm³/mol. The number of carbonyl (C=O) groups is 1. The molecule has 1 unspecified atom stereocenters. The van der Waals surface area contributed by atoms with Gasteiger partial charge in [0.15, 0.2) is 0 Å². The van der Waals surface area contributed by atoms with Crippen LogP contribution < -0.4 is 5.32 Å². The highest BCUT2D eigenvalue weighted by Gasteiger charge is 2.10. The van der Waals surface area contributed by atoms with Crippen LogP contribution >= 0.6 is 15.9 Å². The summed E-state index contributed by atoms with van der Waals surface area (Å²) in [6, 6.07) is 7.67. The first-order valence-corrected chi connectivity index (χ1v) is 8.01. The Morgan fingerprint density at radius 2 is 2.19 bits per heavy atom. The molecule has 1 aromatic carbocycles. The van der Waals surface area contributed by atoms with Gasteiger partial charge in [0.25, 0.3) is 0 Å². The van der Waals surface area contributed by atoms with Crippen LogP contribution in [-0.4, -0.2) is 17.6 Å². The molecule has 0 fully saturated rings. The van der Waals surface area contributed by atoms with E-state index in [1.807, 2.05) is 12.1 Å². The van der Waals surface area contributed by atoms with Gasteiger partial charge in [-0.3, -0.25) is 4.79 Å². The summed E-state index contributed by atoms with van der Waals surface area (Å²) in [7, 11) is 0. The molecule has 0 heterocycles. The molecule has 0 aliphatic carbocycles. The second kappa shape index (κ2) is 9.41. The normalized spacial score (nSPS) is 11.7. The number of nitrogens with zero attached hydrogens (tertiary/aromatic N) is 1. The Labute approximate surface area is 134 Å². The minimum absolute atomic E-state index is 0.243. The van der Waals surface area contributed by atoms with Gasteiger partial charge in [-0.2, -0.15) is 5.26 Å². The van der Waals surface area contributed by atoms with Crippen LogP contribution in [0.5, 0.6) is 0 Å². The maximum Gasteiger partial charge on any atom is 0.303 e. The molecule has 114 valence electrons. The molecule has 0 radical (unpaired) electrons. The van der Waals surface area contributed by atoms with Crippen LogP contribution in [0.25, 0.3) is 0 Å². The number of rotatable bonds is 9. The van der Waals surface area contributed by atoms with Gasteiger partial charge in [-0.15, -0.1) is 0 Å². The number of benzene rings is 1. The van der Waals surface area contributed by atoms with E-state index >= 15 is 0 Å². The summed E-state index contributed by atoms with van der Waals surface area (Å²) in [4.78, 5) is 10.7. The van der Waals surface area contributed by atoms with Crippen molar-refractivity contribution in [2.45, 2.75) is 39.0 Å². The number of hydrogen-bond donors (Lipinski definition) is 2. The highest BCUT2D eigenvalue weighted by atomic mass is 79.9. The number of nitrogens with one attached hydrogen (secondary N) is 1. The molecule has 4 nitrogen and oxygen atoms in total. The molecule has 0 aromatic heterocycles. The maximum absolute atomic E-state index is 10.7. The fourth-order valence-corrected chi connectivity index (χ4v) is 2.77. The fraction of sp³-hybridized carbons (Fsp3) is 0.500. The molecule has 0 saturated carbocycles. The summed E-state index contributed by atoms with van der Waals surface area (Å²) >= 11 is 3.37. The van der Waals surface area contributed by atoms with Crippen molar-refractivity contribution >= 4 is 27.6 Å². The molecule has 21 heavy (non-hydrogen) atoms. The first-order chi connectivity index (χ1) is 10.1. The molecule has 0 aliphatic heterocycles. The number of halogens is 1. The minimum atomic E-state index is -0.722. The van der Waals surface area contributed by atoms with Crippen LogP contribution in [-0.2, 0) is 4.79 Å². The summed E-state index contributed by atoms with van der Waals surface area (Å²) in [6.07, 6.45) is 4.08. The summed E-state index contributed by atoms with van der Waals surface area (Å²) in [5.41, 5.74) is 1.58. The lowest BCUT2D eigenvalue weighted by Crippen LogP contribution is -2.11. The maximum atomic E-state index is 10.7. The Kier molecular flexibility index (Phi) is 7.84. The second-order valence-corrected chi connectivity index (χ2v) is 5.96. The summed E-state index contributed by atoms with van der Waals surface area (Å²) in [6.45, 7) is 2.93. The van der Waals surface area contributed by atoms with E-state index in [4.69, 9.17) is 10.4 Å². The Bertz CT molecular complexity index is 511. The summed E-state index contributed by atoms with van der Waals surface area (Å²) in [5, 5.41) is 21.0. The van der Waals surface area contributed by atoms with Crippen molar-refractivity contribution in [3.8, 4) is 6.07 Å². The van der Waals surface area contributed by atoms with Gasteiger partial charge >= 0.3 is 5.97 Å². The van der Waals surface area contributed by atoms with Gasteiger partial charge in [-0.25, -0.2) is 0 Å². The van der Waals surface area contributed by atoms with E-state index in [2.05, 4.69) is 34.2 Å². The van der Waals surface area contributed by atoms with E-state index in [0.717, 1.165) is 42.4 Å². The van der Waals surface area contributed by atoms with E-state index in [9.17, 15) is 4.79 Å². The summed E-state index contributed by atoms with van der Waals surface area (Å²) in [5.74, 6) is -0.277. The zero-order valence-electron chi connectivity index (χ0n) is 12.2. The van der Waals surface area contributed by atoms with Gasteiger partial charge in [-0.1, -0.05) is 19.8 Å². The zero-order chi connectivity index (χ0) is 15.7. The molecule has 1 rings (SSSR count). The van der Waals surface area contributed by atoms with Gasteiger partial charge in [0, 0.05) is 23.1 Å². The van der Waals surface area contributed by atoms with Crippen molar-refractivity contribution in [2.75, 3.05) is 11.9 Å². The molecular formula is C16H21BrN2O2. The summed E-state index contributed by atoms with van der Waals surface area (Å²) < 4.78 is 0.783. The third kappa shape index (κ3) is 6.63. The molecule has 0 amide bonds. The van der Waals surface area contributed by atoms with E-state index in [-0.39, 0.29) is 6.42 Å². The van der Waals surface area contributed by atoms with E-state index in [0.29, 0.717) is 11.5 Å². The van der Waals surface area contributed by atoms with Gasteiger partial charge in [0.05, 0.1) is 5.56 Å². The monoisotopic (exact) mass is 352 g/mol. The van der Waals surface area contributed by atoms with Gasteiger partial charge in [-0.05, 0) is 52.9 Å². The lowest BCUT2D eigenvalue weighted by molar-refractivity contribution is -0.137. The zero-order valence-corrected chi connectivity index (χ0v) is 13.8. The van der Waals surface area contributed by atoms with E-state index in [1.54, 1.807) is 6.07 Å². The van der Waals surface area contributed by atoms with Crippen LogP contribution in [0.1, 0.15) is 44.6 Å². The van der Waals surface area contributed by atoms with Gasteiger partial charge < -0.3 is 10.4 Å². The largest absolute Gasteiger partial charge is 0.481 e. The number of anilines is 1. The number of nitriles is 1. The average Bonchev–Trinajstić information content (AvgIpc) is 2.45. The lowest BCUT2D eigenvalue weighted by atomic mass is 9.94. The molecule has 1 aromatic rings. The number of carboxylic acid groups (broad SMARTS) is 1. The number of carboxylic acids is 1.